The highest BCUT2D eigenvalue weighted by Gasteiger charge is 2.22. The number of hydrogen-bond donors (Lipinski definition) is 2. The molecule has 13 heavy (non-hydrogen) atoms. The molecule has 0 radical (unpaired) electrons. The van der Waals surface area contributed by atoms with Gasteiger partial charge in [-0.25, -0.2) is 0 Å². The Labute approximate surface area is 75.1 Å². The van der Waals surface area contributed by atoms with Crippen LogP contribution < -0.4 is 10.1 Å². The largest absolute Gasteiger partial charge is 0.508 e. The van der Waals surface area contributed by atoms with Gasteiger partial charge in [-0.1, -0.05) is 0 Å². The van der Waals surface area contributed by atoms with E-state index in [1.807, 2.05) is 0 Å². The lowest BCUT2D eigenvalue weighted by Crippen LogP contribution is -2.04. The molecule has 0 aliphatic carbocycles. The number of hydrogen-bond acceptors (Lipinski definition) is 3. The first-order valence-corrected chi connectivity index (χ1v) is 3.90. The van der Waals surface area contributed by atoms with Crippen LogP contribution in [-0.2, 0) is 11.2 Å². The summed E-state index contributed by atoms with van der Waals surface area (Å²) >= 11 is 0. The highest BCUT2D eigenvalue weighted by atomic mass is 16.5. The molecule has 1 aromatic rings. The van der Waals surface area contributed by atoms with Gasteiger partial charge in [-0.15, -0.1) is 0 Å². The molecular weight excluding hydrogens is 170 g/mol. The van der Waals surface area contributed by atoms with Gasteiger partial charge in [-0.3, -0.25) is 4.79 Å². The van der Waals surface area contributed by atoms with Crippen molar-refractivity contribution in [3.05, 3.63) is 17.7 Å². The van der Waals surface area contributed by atoms with E-state index in [0.29, 0.717) is 17.9 Å². The topological polar surface area (TPSA) is 58.6 Å². The maximum Gasteiger partial charge on any atom is 0.228 e. The molecule has 0 saturated heterocycles. The second-order valence-electron chi connectivity index (χ2n) is 2.91. The van der Waals surface area contributed by atoms with E-state index in [1.165, 1.54) is 13.2 Å². The van der Waals surface area contributed by atoms with Crippen LogP contribution in [0.25, 0.3) is 0 Å². The van der Waals surface area contributed by atoms with Gasteiger partial charge in [-0.2, -0.15) is 0 Å². The average Bonchev–Trinajstić information content (AvgIpc) is 2.43. The predicted octanol–water partition coefficient (Wildman–Crippen LogP) is 0.895. The molecule has 1 aromatic carbocycles. The molecule has 0 saturated carbocycles. The second kappa shape index (κ2) is 2.65. The van der Waals surface area contributed by atoms with Crippen molar-refractivity contribution in [1.82, 2.24) is 0 Å². The van der Waals surface area contributed by atoms with Crippen molar-refractivity contribution in [1.29, 1.82) is 0 Å². The van der Waals surface area contributed by atoms with Crippen molar-refractivity contribution >= 4 is 11.6 Å². The van der Waals surface area contributed by atoms with Crippen LogP contribution in [0, 0.1) is 0 Å². The number of benzene rings is 1. The number of aromatic hydroxyl groups is 1. The lowest BCUT2D eigenvalue weighted by Gasteiger charge is -2.06. The van der Waals surface area contributed by atoms with Crippen molar-refractivity contribution in [3.63, 3.8) is 0 Å². The van der Waals surface area contributed by atoms with Gasteiger partial charge < -0.3 is 15.2 Å². The molecule has 68 valence electrons. The fraction of sp³-hybridized carbons (Fsp3) is 0.222. The number of carbonyl (C=O) groups is 1. The maximum atomic E-state index is 11.0. The van der Waals surface area contributed by atoms with E-state index in [0.717, 1.165) is 5.56 Å². The van der Waals surface area contributed by atoms with E-state index in [-0.39, 0.29) is 11.7 Å². The molecule has 0 unspecified atom stereocenters. The van der Waals surface area contributed by atoms with Gasteiger partial charge in [0.1, 0.15) is 11.5 Å². The molecule has 0 fully saturated rings. The van der Waals surface area contributed by atoms with E-state index in [1.54, 1.807) is 6.07 Å². The summed E-state index contributed by atoms with van der Waals surface area (Å²) in [5.41, 5.74) is 1.45. The molecular formula is C9H9NO3. The molecule has 1 aliphatic heterocycles. The second-order valence-corrected chi connectivity index (χ2v) is 2.91. The summed E-state index contributed by atoms with van der Waals surface area (Å²) in [6.45, 7) is 0. The number of amides is 1. The van der Waals surface area contributed by atoms with Crippen molar-refractivity contribution in [2.45, 2.75) is 6.42 Å². The van der Waals surface area contributed by atoms with Gasteiger partial charge in [0.15, 0.2) is 0 Å². The number of phenolic OH excluding ortho intramolecular Hbond substituents is 1. The zero-order valence-electron chi connectivity index (χ0n) is 7.13. The Morgan fingerprint density at radius 1 is 1.54 bits per heavy atom. The molecule has 2 rings (SSSR count). The molecule has 1 amide bonds. The summed E-state index contributed by atoms with van der Waals surface area (Å²) in [4.78, 5) is 11.0. The third-order valence-electron chi connectivity index (χ3n) is 2.00. The molecule has 4 heteroatoms. The van der Waals surface area contributed by atoms with Gasteiger partial charge in [-0.05, 0) is 11.6 Å². The summed E-state index contributed by atoms with van der Waals surface area (Å²) in [6.07, 6.45) is 0.306. The van der Waals surface area contributed by atoms with Gasteiger partial charge >= 0.3 is 0 Å². The number of rotatable bonds is 1. The number of ether oxygens (including phenoxy) is 1. The molecule has 1 heterocycles. The Hall–Kier alpha value is -1.71. The number of fused-ring (bicyclic) bond motifs is 1. The average molecular weight is 179 g/mol. The summed E-state index contributed by atoms with van der Waals surface area (Å²) in [5, 5.41) is 11.9. The van der Waals surface area contributed by atoms with Gasteiger partial charge in [0.2, 0.25) is 5.91 Å². The van der Waals surface area contributed by atoms with Crippen molar-refractivity contribution < 1.29 is 14.6 Å². The van der Waals surface area contributed by atoms with Crippen LogP contribution in [0.5, 0.6) is 11.5 Å². The van der Waals surface area contributed by atoms with Gasteiger partial charge in [0.05, 0.1) is 19.2 Å². The van der Waals surface area contributed by atoms with Crippen LogP contribution >= 0.6 is 0 Å². The Kier molecular flexibility index (Phi) is 1.62. The zero-order valence-corrected chi connectivity index (χ0v) is 7.13. The predicted molar refractivity (Wildman–Crippen MR) is 47.0 cm³/mol. The van der Waals surface area contributed by atoms with E-state index >= 15 is 0 Å². The summed E-state index contributed by atoms with van der Waals surface area (Å²) in [6, 6.07) is 3.04. The van der Waals surface area contributed by atoms with E-state index in [9.17, 15) is 9.90 Å². The molecule has 4 nitrogen and oxygen atoms in total. The van der Waals surface area contributed by atoms with Crippen molar-refractivity contribution in [2.75, 3.05) is 12.4 Å². The number of methoxy groups -OCH3 is 1. The molecule has 1 aliphatic rings. The van der Waals surface area contributed by atoms with E-state index < -0.39 is 0 Å². The summed E-state index contributed by atoms with van der Waals surface area (Å²) in [7, 11) is 1.50. The molecule has 2 N–H and O–H groups in total. The van der Waals surface area contributed by atoms with Crippen molar-refractivity contribution in [3.8, 4) is 11.5 Å². The fourth-order valence-corrected chi connectivity index (χ4v) is 1.46. The number of carbonyl (C=O) groups excluding carboxylic acids is 1. The van der Waals surface area contributed by atoms with Crippen LogP contribution in [0.1, 0.15) is 5.56 Å². The van der Waals surface area contributed by atoms with Crippen LogP contribution in [0.15, 0.2) is 12.1 Å². The highest BCUT2D eigenvalue weighted by molar-refractivity contribution is 6.01. The Balaban J connectivity index is 2.56. The number of phenols is 1. The van der Waals surface area contributed by atoms with Gasteiger partial charge in [0, 0.05) is 6.07 Å². The Morgan fingerprint density at radius 3 is 3.00 bits per heavy atom. The fourth-order valence-electron chi connectivity index (χ4n) is 1.46. The molecule has 0 bridgehead atoms. The zero-order chi connectivity index (χ0) is 9.42. The first-order chi connectivity index (χ1) is 6.20. The van der Waals surface area contributed by atoms with Crippen molar-refractivity contribution in [2.24, 2.45) is 0 Å². The van der Waals surface area contributed by atoms with E-state index in [4.69, 9.17) is 4.74 Å². The number of anilines is 1. The molecule has 0 atom stereocenters. The molecule has 0 spiro atoms. The van der Waals surface area contributed by atoms with Crippen LogP contribution in [-0.4, -0.2) is 18.1 Å². The third kappa shape index (κ3) is 1.20. The van der Waals surface area contributed by atoms with Gasteiger partial charge in [0.25, 0.3) is 0 Å². The van der Waals surface area contributed by atoms with Crippen LogP contribution in [0.3, 0.4) is 0 Å². The lowest BCUT2D eigenvalue weighted by molar-refractivity contribution is -0.115. The van der Waals surface area contributed by atoms with E-state index in [2.05, 4.69) is 5.32 Å². The summed E-state index contributed by atoms with van der Waals surface area (Å²) in [5.74, 6) is 0.548. The first-order valence-electron chi connectivity index (χ1n) is 3.90. The smallest absolute Gasteiger partial charge is 0.228 e. The third-order valence-corrected chi connectivity index (χ3v) is 2.00. The lowest BCUT2D eigenvalue weighted by atomic mass is 10.1. The van der Waals surface area contributed by atoms with Crippen LogP contribution in [0.2, 0.25) is 0 Å². The Bertz CT molecular complexity index is 373. The standard InChI is InChI=1S/C9H9NO3/c1-13-7-4-6(11)2-5-3-8(12)10-9(5)7/h2,4,11H,3H2,1H3,(H,10,12). The monoisotopic (exact) mass is 179 g/mol. The minimum Gasteiger partial charge on any atom is -0.508 e. The molecule has 0 aromatic heterocycles. The highest BCUT2D eigenvalue weighted by Crippen LogP contribution is 2.36. The SMILES string of the molecule is COc1cc(O)cc2c1NC(=O)C2. The normalized spacial score (nSPS) is 13.8. The summed E-state index contributed by atoms with van der Waals surface area (Å²) < 4.78 is 5.01. The number of nitrogens with one attached hydrogen (secondary N) is 1. The minimum absolute atomic E-state index is 0.0705. The quantitative estimate of drug-likeness (QED) is 0.629. The maximum absolute atomic E-state index is 11.0. The first kappa shape index (κ1) is 7.91. The van der Waals surface area contributed by atoms with Crippen LogP contribution in [0.4, 0.5) is 5.69 Å². The minimum atomic E-state index is -0.0705. The Morgan fingerprint density at radius 2 is 2.31 bits per heavy atom.